The van der Waals surface area contributed by atoms with Gasteiger partial charge in [0, 0.05) is 28.4 Å². The molecule has 0 spiro atoms. The molecule has 12 heteroatoms. The van der Waals surface area contributed by atoms with Crippen LogP contribution in [0.1, 0.15) is 24.2 Å². The smallest absolute Gasteiger partial charge is 0.412 e. The van der Waals surface area contributed by atoms with E-state index in [1.54, 1.807) is 38.1 Å². The summed E-state index contributed by atoms with van der Waals surface area (Å²) in [4.78, 5) is 24.5. The number of ether oxygens (including phenoxy) is 2. The molecule has 210 valence electrons. The minimum atomic E-state index is -3.83. The number of nitrogens with two attached hydrogens (primary N) is 1. The highest BCUT2D eigenvalue weighted by Crippen LogP contribution is 2.42. The van der Waals surface area contributed by atoms with Crippen LogP contribution >= 0.6 is 0 Å². The summed E-state index contributed by atoms with van der Waals surface area (Å²) in [6.45, 7) is 2.81. The first-order valence-corrected chi connectivity index (χ1v) is 14.1. The van der Waals surface area contributed by atoms with Crippen molar-refractivity contribution in [2.24, 2.45) is 5.73 Å². The minimum Gasteiger partial charge on any atom is -0.489 e. The number of carbonyl (C=O) groups is 2. The Kier molecular flexibility index (Phi) is 8.31. The Bertz CT molecular complexity index is 1630. The van der Waals surface area contributed by atoms with Gasteiger partial charge in [-0.25, -0.2) is 18.0 Å². The summed E-state index contributed by atoms with van der Waals surface area (Å²) in [5.74, 6) is -0.858. The third-order valence-electron chi connectivity index (χ3n) is 5.71. The van der Waals surface area contributed by atoms with Crippen molar-refractivity contribution in [3.8, 4) is 17.1 Å². The molecule has 0 aliphatic carbocycles. The van der Waals surface area contributed by atoms with Crippen LogP contribution in [0.15, 0.2) is 71.1 Å². The molecule has 11 nitrogen and oxygen atoms in total. The van der Waals surface area contributed by atoms with Crippen LogP contribution in [0.5, 0.6) is 5.75 Å². The molecule has 1 heterocycles. The average Bonchev–Trinajstić information content (AvgIpc) is 3.25. The van der Waals surface area contributed by atoms with E-state index in [9.17, 15) is 23.1 Å². The molecule has 4 N–H and O–H groups in total. The largest absolute Gasteiger partial charge is 0.489 e. The molecule has 0 saturated carbocycles. The zero-order valence-electron chi connectivity index (χ0n) is 22.1. The summed E-state index contributed by atoms with van der Waals surface area (Å²) in [7, 11) is -3.83. The van der Waals surface area contributed by atoms with Crippen molar-refractivity contribution in [3.05, 3.63) is 72.3 Å². The van der Waals surface area contributed by atoms with E-state index in [0.717, 1.165) is 21.9 Å². The second-order valence-corrected chi connectivity index (χ2v) is 11.0. The van der Waals surface area contributed by atoms with Crippen molar-refractivity contribution < 1.29 is 37.0 Å². The van der Waals surface area contributed by atoms with Crippen molar-refractivity contribution in [1.29, 1.82) is 0 Å². The SMILES string of the molecule is CC(C)Oc1cc2c(C(=O)OC(N)=O)c(-c3ccc(Nc4ccccc4)cc3)oc2cc1N(CCO)S(C)(=O)=O. The molecule has 1 amide bonds. The van der Waals surface area contributed by atoms with Gasteiger partial charge in [0.25, 0.3) is 0 Å². The second kappa shape index (κ2) is 11.7. The molecule has 0 aliphatic rings. The second-order valence-electron chi connectivity index (χ2n) is 9.12. The maximum absolute atomic E-state index is 13.1. The highest BCUT2D eigenvalue weighted by molar-refractivity contribution is 7.92. The van der Waals surface area contributed by atoms with E-state index in [0.29, 0.717) is 5.56 Å². The standard InChI is InChI=1S/C28H29N3O8S/c1-17(2)37-24-15-21-23(16-22(24)31(13-14-32)40(3,35)36)38-26(25(21)27(33)39-28(29)34)18-9-11-20(12-10-18)30-19-7-5-4-6-8-19/h4-12,15-17,30,32H,13-14H2,1-3H3,(H2,29,34). The Morgan fingerprint density at radius 3 is 2.27 bits per heavy atom. The van der Waals surface area contributed by atoms with Gasteiger partial charge in [-0.1, -0.05) is 18.2 Å². The van der Waals surface area contributed by atoms with E-state index in [-0.39, 0.29) is 46.4 Å². The predicted molar refractivity (Wildman–Crippen MR) is 151 cm³/mol. The Morgan fingerprint density at radius 2 is 1.70 bits per heavy atom. The number of benzene rings is 3. The van der Waals surface area contributed by atoms with Crippen LogP contribution in [0, 0.1) is 0 Å². The zero-order chi connectivity index (χ0) is 29.0. The van der Waals surface area contributed by atoms with Crippen molar-refractivity contribution in [2.75, 3.05) is 29.0 Å². The normalized spacial score (nSPS) is 11.4. The van der Waals surface area contributed by atoms with Gasteiger partial charge < -0.3 is 30.0 Å². The van der Waals surface area contributed by atoms with E-state index >= 15 is 0 Å². The molecule has 4 rings (SSSR count). The van der Waals surface area contributed by atoms with E-state index in [1.807, 2.05) is 30.3 Å². The third kappa shape index (κ3) is 6.35. The molecule has 0 fully saturated rings. The lowest BCUT2D eigenvalue weighted by atomic mass is 10.0. The summed E-state index contributed by atoms with van der Waals surface area (Å²) in [6.07, 6.45) is -0.668. The number of hydrogen-bond donors (Lipinski definition) is 3. The first-order valence-electron chi connectivity index (χ1n) is 12.3. The van der Waals surface area contributed by atoms with E-state index in [1.165, 1.54) is 12.1 Å². The number of furan rings is 1. The fraction of sp³-hybridized carbons (Fsp3) is 0.214. The molecule has 0 unspecified atom stereocenters. The number of rotatable bonds is 10. The van der Waals surface area contributed by atoms with Crippen molar-refractivity contribution in [2.45, 2.75) is 20.0 Å². The lowest BCUT2D eigenvalue weighted by Crippen LogP contribution is -2.33. The van der Waals surface area contributed by atoms with Gasteiger partial charge in [-0.05, 0) is 56.3 Å². The number of fused-ring (bicyclic) bond motifs is 1. The van der Waals surface area contributed by atoms with Crippen LogP contribution in [0.2, 0.25) is 0 Å². The molecule has 40 heavy (non-hydrogen) atoms. The number of nitrogens with one attached hydrogen (secondary N) is 1. The number of nitrogens with zero attached hydrogens (tertiary/aromatic N) is 1. The van der Waals surface area contributed by atoms with E-state index < -0.39 is 28.7 Å². The summed E-state index contributed by atoms with van der Waals surface area (Å²) >= 11 is 0. The van der Waals surface area contributed by atoms with Gasteiger partial charge in [0.05, 0.1) is 31.2 Å². The molecule has 3 aromatic carbocycles. The number of sulfonamides is 1. The molecule has 0 bridgehead atoms. The lowest BCUT2D eigenvalue weighted by Gasteiger charge is -2.25. The topological polar surface area (TPSA) is 161 Å². The number of amides is 1. The molecule has 0 atom stereocenters. The summed E-state index contributed by atoms with van der Waals surface area (Å²) in [6, 6.07) is 19.4. The molecule has 0 aliphatic heterocycles. The van der Waals surface area contributed by atoms with Crippen LogP contribution < -0.4 is 20.1 Å². The molecular formula is C28H29N3O8S. The van der Waals surface area contributed by atoms with Gasteiger partial charge in [0.1, 0.15) is 22.7 Å². The lowest BCUT2D eigenvalue weighted by molar-refractivity contribution is 0.0640. The first kappa shape index (κ1) is 28.5. The van der Waals surface area contributed by atoms with Gasteiger partial charge in [0.15, 0.2) is 0 Å². The number of aliphatic hydroxyl groups excluding tert-OH is 1. The van der Waals surface area contributed by atoms with Crippen LogP contribution in [-0.2, 0) is 14.8 Å². The zero-order valence-corrected chi connectivity index (χ0v) is 22.9. The predicted octanol–water partition coefficient (Wildman–Crippen LogP) is 4.62. The number of hydrogen-bond acceptors (Lipinski definition) is 9. The number of carbonyl (C=O) groups excluding carboxylic acids is 2. The van der Waals surface area contributed by atoms with Gasteiger partial charge in [-0.2, -0.15) is 0 Å². The van der Waals surface area contributed by atoms with Crippen LogP contribution in [0.3, 0.4) is 0 Å². The Labute approximate surface area is 231 Å². The minimum absolute atomic E-state index is 0.0771. The van der Waals surface area contributed by atoms with Gasteiger partial charge in [0.2, 0.25) is 10.0 Å². The van der Waals surface area contributed by atoms with E-state index in [2.05, 4.69) is 5.32 Å². The number of primary amides is 1. The third-order valence-corrected chi connectivity index (χ3v) is 6.89. The van der Waals surface area contributed by atoms with Crippen LogP contribution in [0.4, 0.5) is 21.9 Å². The Morgan fingerprint density at radius 1 is 1.05 bits per heavy atom. The summed E-state index contributed by atoms with van der Waals surface area (Å²) in [5.41, 5.74) is 7.40. The monoisotopic (exact) mass is 567 g/mol. The fourth-order valence-corrected chi connectivity index (χ4v) is 5.07. The molecule has 0 saturated heterocycles. The van der Waals surface area contributed by atoms with Gasteiger partial charge in [-0.15, -0.1) is 0 Å². The van der Waals surface area contributed by atoms with E-state index in [4.69, 9.17) is 19.6 Å². The van der Waals surface area contributed by atoms with Gasteiger partial charge in [-0.3, -0.25) is 4.31 Å². The molecule has 0 radical (unpaired) electrons. The first-order chi connectivity index (χ1) is 19.0. The molecular weight excluding hydrogens is 538 g/mol. The molecule has 4 aromatic rings. The maximum atomic E-state index is 13.1. The van der Waals surface area contributed by atoms with Gasteiger partial charge >= 0.3 is 12.1 Å². The van der Waals surface area contributed by atoms with Crippen molar-refractivity contribution in [1.82, 2.24) is 0 Å². The summed E-state index contributed by atoms with van der Waals surface area (Å²) < 4.78 is 42.8. The number of para-hydroxylation sites is 1. The van der Waals surface area contributed by atoms with Crippen LogP contribution in [0.25, 0.3) is 22.3 Å². The average molecular weight is 568 g/mol. The quantitative estimate of drug-likeness (QED) is 0.183. The molecule has 1 aromatic heterocycles. The highest BCUT2D eigenvalue weighted by atomic mass is 32.2. The Balaban J connectivity index is 1.89. The van der Waals surface area contributed by atoms with Crippen molar-refractivity contribution >= 4 is 50.1 Å². The maximum Gasteiger partial charge on any atom is 0.412 e. The number of anilines is 3. The van der Waals surface area contributed by atoms with Crippen LogP contribution in [-0.4, -0.2) is 51.1 Å². The Hall–Kier alpha value is -4.55. The highest BCUT2D eigenvalue weighted by Gasteiger charge is 2.29. The number of aliphatic hydroxyl groups is 1. The number of esters is 1. The fourth-order valence-electron chi connectivity index (χ4n) is 4.15. The summed E-state index contributed by atoms with van der Waals surface area (Å²) in [5, 5.41) is 13.0. The van der Waals surface area contributed by atoms with Crippen molar-refractivity contribution in [3.63, 3.8) is 0 Å².